The smallest absolute Gasteiger partial charge is 0.269 e. The highest BCUT2D eigenvalue weighted by molar-refractivity contribution is 5.67. The van der Waals surface area contributed by atoms with E-state index < -0.39 is 0 Å². The van der Waals surface area contributed by atoms with E-state index in [-0.39, 0.29) is 29.2 Å². The second-order valence-electron chi connectivity index (χ2n) is 5.25. The molecule has 1 N–H and O–H groups in total. The van der Waals surface area contributed by atoms with Crippen LogP contribution < -0.4 is 4.90 Å². The largest absolute Gasteiger partial charge is 0.394 e. The van der Waals surface area contributed by atoms with E-state index in [1.165, 1.54) is 6.07 Å². The van der Waals surface area contributed by atoms with Crippen molar-refractivity contribution in [3.05, 3.63) is 69.8 Å². The standard InChI is InChI=1S/C16H16N2O3/c1-17-14-8-7-12(18(20)21)9-13(14)16(15(17)10-19)11-5-3-2-4-6-11/h2-9,15-16,19H,10H2,1H3/t15-,16+/m1/s1. The molecule has 2 atom stereocenters. The molecule has 0 aromatic heterocycles. The lowest BCUT2D eigenvalue weighted by molar-refractivity contribution is -0.384. The summed E-state index contributed by atoms with van der Waals surface area (Å²) in [7, 11) is 1.91. The van der Waals surface area contributed by atoms with Crippen LogP contribution in [-0.4, -0.2) is 29.7 Å². The fourth-order valence-electron chi connectivity index (χ4n) is 3.13. The van der Waals surface area contributed by atoms with Gasteiger partial charge in [-0.05, 0) is 17.2 Å². The third kappa shape index (κ3) is 2.15. The quantitative estimate of drug-likeness (QED) is 0.694. The topological polar surface area (TPSA) is 66.6 Å². The predicted octanol–water partition coefficient (Wildman–Crippen LogP) is 2.54. The molecule has 1 heterocycles. The minimum atomic E-state index is -0.380. The van der Waals surface area contributed by atoms with Gasteiger partial charge in [-0.1, -0.05) is 30.3 Å². The average molecular weight is 284 g/mol. The normalized spacial score (nSPS) is 20.4. The van der Waals surface area contributed by atoms with E-state index in [1.807, 2.05) is 42.3 Å². The molecule has 5 nitrogen and oxygen atoms in total. The van der Waals surface area contributed by atoms with Crippen LogP contribution in [0.4, 0.5) is 11.4 Å². The summed E-state index contributed by atoms with van der Waals surface area (Å²) < 4.78 is 0. The van der Waals surface area contributed by atoms with Crippen molar-refractivity contribution in [2.75, 3.05) is 18.6 Å². The van der Waals surface area contributed by atoms with Crippen LogP contribution >= 0.6 is 0 Å². The zero-order valence-electron chi connectivity index (χ0n) is 11.6. The van der Waals surface area contributed by atoms with E-state index in [2.05, 4.69) is 0 Å². The molecule has 1 aliphatic rings. The van der Waals surface area contributed by atoms with Gasteiger partial charge in [-0.25, -0.2) is 0 Å². The number of aliphatic hydroxyl groups excluding tert-OH is 1. The van der Waals surface area contributed by atoms with Gasteiger partial charge in [0.1, 0.15) is 0 Å². The van der Waals surface area contributed by atoms with E-state index in [0.29, 0.717) is 0 Å². The first kappa shape index (κ1) is 13.6. The maximum absolute atomic E-state index is 11.0. The minimum absolute atomic E-state index is 0.00145. The molecule has 0 saturated carbocycles. The van der Waals surface area contributed by atoms with Crippen LogP contribution in [0.1, 0.15) is 17.0 Å². The Morgan fingerprint density at radius 2 is 1.95 bits per heavy atom. The summed E-state index contributed by atoms with van der Waals surface area (Å²) >= 11 is 0. The number of non-ortho nitro benzene ring substituents is 1. The number of nitrogens with zero attached hydrogens (tertiary/aromatic N) is 2. The van der Waals surface area contributed by atoms with E-state index in [0.717, 1.165) is 16.8 Å². The molecular formula is C16H16N2O3. The number of aliphatic hydroxyl groups is 1. The highest BCUT2D eigenvalue weighted by atomic mass is 16.6. The van der Waals surface area contributed by atoms with Crippen LogP contribution in [-0.2, 0) is 0 Å². The Morgan fingerprint density at radius 3 is 2.57 bits per heavy atom. The van der Waals surface area contributed by atoms with Crippen LogP contribution in [0.2, 0.25) is 0 Å². The van der Waals surface area contributed by atoms with Gasteiger partial charge in [0.15, 0.2) is 0 Å². The number of nitro benzene ring substituents is 1. The Balaban J connectivity index is 2.16. The molecule has 21 heavy (non-hydrogen) atoms. The summed E-state index contributed by atoms with van der Waals surface area (Å²) in [6.45, 7) is -0.00145. The summed E-state index contributed by atoms with van der Waals surface area (Å²) in [5.74, 6) is -0.0592. The molecule has 0 spiro atoms. The Kier molecular flexibility index (Phi) is 3.35. The SMILES string of the molecule is CN1c2ccc([N+](=O)[O-])cc2[C@H](c2ccccc2)[C@H]1CO. The molecule has 0 amide bonds. The summed E-state index contributed by atoms with van der Waals surface area (Å²) in [6, 6.07) is 14.6. The zero-order valence-corrected chi connectivity index (χ0v) is 11.6. The molecule has 2 aromatic carbocycles. The summed E-state index contributed by atoms with van der Waals surface area (Å²) in [6.07, 6.45) is 0. The molecule has 108 valence electrons. The Bertz CT molecular complexity index is 672. The second-order valence-corrected chi connectivity index (χ2v) is 5.25. The van der Waals surface area contributed by atoms with Crippen molar-refractivity contribution >= 4 is 11.4 Å². The van der Waals surface area contributed by atoms with Crippen molar-refractivity contribution in [2.45, 2.75) is 12.0 Å². The molecule has 0 fully saturated rings. The molecule has 0 bridgehead atoms. The van der Waals surface area contributed by atoms with Crippen molar-refractivity contribution in [3.63, 3.8) is 0 Å². The predicted molar refractivity (Wildman–Crippen MR) is 80.7 cm³/mol. The lowest BCUT2D eigenvalue weighted by atomic mass is 9.88. The van der Waals surface area contributed by atoms with Gasteiger partial charge in [0, 0.05) is 30.8 Å². The van der Waals surface area contributed by atoms with Gasteiger partial charge in [0.05, 0.1) is 17.6 Å². The Labute approximate surface area is 122 Å². The minimum Gasteiger partial charge on any atom is -0.394 e. The molecule has 5 heteroatoms. The summed E-state index contributed by atoms with van der Waals surface area (Å²) in [5.41, 5.74) is 2.98. The Hall–Kier alpha value is -2.40. The monoisotopic (exact) mass is 284 g/mol. The lowest BCUT2D eigenvalue weighted by Crippen LogP contribution is -2.34. The van der Waals surface area contributed by atoms with Crippen molar-refractivity contribution in [1.82, 2.24) is 0 Å². The average Bonchev–Trinajstić information content (AvgIpc) is 2.80. The van der Waals surface area contributed by atoms with Crippen molar-refractivity contribution in [1.29, 1.82) is 0 Å². The van der Waals surface area contributed by atoms with E-state index in [1.54, 1.807) is 12.1 Å². The van der Waals surface area contributed by atoms with E-state index in [4.69, 9.17) is 0 Å². The number of benzene rings is 2. The number of rotatable bonds is 3. The number of hydrogen-bond acceptors (Lipinski definition) is 4. The fraction of sp³-hybridized carbons (Fsp3) is 0.250. The van der Waals surface area contributed by atoms with Crippen LogP contribution in [0.3, 0.4) is 0 Å². The molecule has 0 saturated heterocycles. The van der Waals surface area contributed by atoms with Crippen LogP contribution in [0, 0.1) is 10.1 Å². The van der Waals surface area contributed by atoms with Gasteiger partial charge in [-0.3, -0.25) is 10.1 Å². The highest BCUT2D eigenvalue weighted by Crippen LogP contribution is 2.44. The third-order valence-electron chi connectivity index (χ3n) is 4.16. The number of hydrogen-bond donors (Lipinski definition) is 1. The van der Waals surface area contributed by atoms with Gasteiger partial charge in [-0.15, -0.1) is 0 Å². The van der Waals surface area contributed by atoms with Crippen molar-refractivity contribution in [2.24, 2.45) is 0 Å². The molecule has 0 aliphatic carbocycles. The molecule has 2 aromatic rings. The first-order chi connectivity index (χ1) is 10.1. The van der Waals surface area contributed by atoms with Gasteiger partial charge in [0.25, 0.3) is 5.69 Å². The van der Waals surface area contributed by atoms with Crippen LogP contribution in [0.5, 0.6) is 0 Å². The van der Waals surface area contributed by atoms with Crippen molar-refractivity contribution in [3.8, 4) is 0 Å². The van der Waals surface area contributed by atoms with E-state index >= 15 is 0 Å². The van der Waals surface area contributed by atoms with Gasteiger partial charge in [-0.2, -0.15) is 0 Å². The lowest BCUT2D eigenvalue weighted by Gasteiger charge is -2.25. The van der Waals surface area contributed by atoms with Gasteiger partial charge >= 0.3 is 0 Å². The highest BCUT2D eigenvalue weighted by Gasteiger charge is 2.37. The second kappa shape index (κ2) is 5.18. The number of likely N-dealkylation sites (N-methyl/N-ethyl adjacent to an activating group) is 1. The first-order valence-electron chi connectivity index (χ1n) is 6.80. The molecular weight excluding hydrogens is 268 g/mol. The number of fused-ring (bicyclic) bond motifs is 1. The zero-order chi connectivity index (χ0) is 15.0. The maximum atomic E-state index is 11.0. The third-order valence-corrected chi connectivity index (χ3v) is 4.16. The van der Waals surface area contributed by atoms with E-state index in [9.17, 15) is 15.2 Å². The van der Waals surface area contributed by atoms with Gasteiger partial charge in [0.2, 0.25) is 0 Å². The van der Waals surface area contributed by atoms with Crippen molar-refractivity contribution < 1.29 is 10.0 Å². The molecule has 1 aliphatic heterocycles. The maximum Gasteiger partial charge on any atom is 0.269 e. The number of anilines is 1. The fourth-order valence-corrected chi connectivity index (χ4v) is 3.13. The molecule has 3 rings (SSSR count). The Morgan fingerprint density at radius 1 is 1.24 bits per heavy atom. The van der Waals surface area contributed by atoms with Crippen LogP contribution in [0.15, 0.2) is 48.5 Å². The first-order valence-corrected chi connectivity index (χ1v) is 6.80. The molecule has 0 radical (unpaired) electrons. The number of nitro groups is 1. The van der Waals surface area contributed by atoms with Gasteiger partial charge < -0.3 is 10.0 Å². The van der Waals surface area contributed by atoms with Crippen LogP contribution in [0.25, 0.3) is 0 Å². The molecule has 0 unspecified atom stereocenters. The summed E-state index contributed by atoms with van der Waals surface area (Å²) in [4.78, 5) is 12.6. The summed E-state index contributed by atoms with van der Waals surface area (Å²) in [5, 5.41) is 20.8.